The van der Waals surface area contributed by atoms with Gasteiger partial charge in [0.1, 0.15) is 0 Å². The molecule has 2 rings (SSSR count). The lowest BCUT2D eigenvalue weighted by atomic mass is 9.96. The molecule has 20 heavy (non-hydrogen) atoms. The van der Waals surface area contributed by atoms with Gasteiger partial charge < -0.3 is 20.7 Å². The van der Waals surface area contributed by atoms with Gasteiger partial charge in [0.2, 0.25) is 0 Å². The second kappa shape index (κ2) is 6.41. The van der Waals surface area contributed by atoms with Crippen LogP contribution in [0.2, 0.25) is 0 Å². The zero-order valence-electron chi connectivity index (χ0n) is 11.4. The number of aromatic hydroxyl groups is 1. The predicted molar refractivity (Wildman–Crippen MR) is 77.7 cm³/mol. The van der Waals surface area contributed by atoms with Crippen molar-refractivity contribution in [1.82, 2.24) is 0 Å². The molecular weight excluding hydrogens is 254 g/mol. The Labute approximate surface area is 118 Å². The van der Waals surface area contributed by atoms with Gasteiger partial charge in [-0.15, -0.1) is 0 Å². The maximum atomic E-state index is 10.3. The average Bonchev–Trinajstić information content (AvgIpc) is 2.47. The summed E-state index contributed by atoms with van der Waals surface area (Å²) in [7, 11) is 1.48. The summed E-state index contributed by atoms with van der Waals surface area (Å²) < 4.78 is 4.97. The summed E-state index contributed by atoms with van der Waals surface area (Å²) >= 11 is 0. The third kappa shape index (κ3) is 3.29. The van der Waals surface area contributed by atoms with Gasteiger partial charge in [0.15, 0.2) is 11.5 Å². The summed E-state index contributed by atoms with van der Waals surface area (Å²) in [6.45, 7) is 0. The van der Waals surface area contributed by atoms with Gasteiger partial charge in [0, 0.05) is 6.04 Å². The number of nitrogens with two attached hydrogens (primary N) is 1. The molecule has 106 valence electrons. The molecule has 4 heteroatoms. The molecule has 2 atom stereocenters. The molecule has 2 aromatic carbocycles. The number of aliphatic hydroxyl groups excluding tert-OH is 1. The molecule has 4 N–H and O–H groups in total. The standard InChI is InChI=1S/C16H19NO3/c1-20-15-8-7-12(10-14(15)18)16(19)13(17)9-11-5-3-2-4-6-11/h2-8,10,13,16,18-19H,9,17H2,1H3. The second-order valence-corrected chi connectivity index (χ2v) is 4.73. The van der Waals surface area contributed by atoms with Gasteiger partial charge in [-0.2, -0.15) is 0 Å². The number of ether oxygens (including phenoxy) is 1. The summed E-state index contributed by atoms with van der Waals surface area (Å²) in [5.74, 6) is 0.369. The number of aliphatic hydroxyl groups is 1. The van der Waals surface area contributed by atoms with Crippen LogP contribution in [0.4, 0.5) is 0 Å². The lowest BCUT2D eigenvalue weighted by Crippen LogP contribution is -2.30. The number of methoxy groups -OCH3 is 1. The van der Waals surface area contributed by atoms with Gasteiger partial charge in [-0.25, -0.2) is 0 Å². The highest BCUT2D eigenvalue weighted by molar-refractivity contribution is 5.42. The Kier molecular flexibility index (Phi) is 4.61. The monoisotopic (exact) mass is 273 g/mol. The Hall–Kier alpha value is -2.04. The van der Waals surface area contributed by atoms with Gasteiger partial charge in [0.25, 0.3) is 0 Å². The third-order valence-electron chi connectivity index (χ3n) is 3.26. The zero-order chi connectivity index (χ0) is 14.5. The van der Waals surface area contributed by atoms with E-state index in [1.807, 2.05) is 30.3 Å². The van der Waals surface area contributed by atoms with Crippen LogP contribution in [0.1, 0.15) is 17.2 Å². The van der Waals surface area contributed by atoms with Gasteiger partial charge >= 0.3 is 0 Å². The van der Waals surface area contributed by atoms with E-state index in [-0.39, 0.29) is 5.75 Å². The van der Waals surface area contributed by atoms with Crippen molar-refractivity contribution in [3.8, 4) is 11.5 Å². The molecule has 0 spiro atoms. The molecule has 2 aromatic rings. The van der Waals surface area contributed by atoms with E-state index in [0.29, 0.717) is 17.7 Å². The highest BCUT2D eigenvalue weighted by Crippen LogP contribution is 2.30. The maximum Gasteiger partial charge on any atom is 0.160 e. The summed E-state index contributed by atoms with van der Waals surface area (Å²) in [5, 5.41) is 20.0. The highest BCUT2D eigenvalue weighted by atomic mass is 16.5. The van der Waals surface area contributed by atoms with Crippen molar-refractivity contribution in [1.29, 1.82) is 0 Å². The van der Waals surface area contributed by atoms with Crippen LogP contribution in [0.5, 0.6) is 11.5 Å². The first kappa shape index (κ1) is 14.4. The van der Waals surface area contributed by atoms with Crippen molar-refractivity contribution >= 4 is 0 Å². The van der Waals surface area contributed by atoms with E-state index in [1.54, 1.807) is 12.1 Å². The van der Waals surface area contributed by atoms with Gasteiger partial charge in [-0.05, 0) is 29.7 Å². The molecule has 0 aliphatic heterocycles. The summed E-state index contributed by atoms with van der Waals surface area (Å²) in [5.41, 5.74) is 7.68. The van der Waals surface area contributed by atoms with Crippen molar-refractivity contribution in [2.45, 2.75) is 18.6 Å². The summed E-state index contributed by atoms with van der Waals surface area (Å²) in [6, 6.07) is 14.1. The van der Waals surface area contributed by atoms with Crippen LogP contribution in [0.25, 0.3) is 0 Å². The minimum absolute atomic E-state index is 0.00374. The molecular formula is C16H19NO3. The van der Waals surface area contributed by atoms with Crippen LogP contribution >= 0.6 is 0 Å². The van der Waals surface area contributed by atoms with Crippen LogP contribution in [-0.4, -0.2) is 23.4 Å². The molecule has 0 aromatic heterocycles. The molecule has 0 heterocycles. The smallest absolute Gasteiger partial charge is 0.160 e. The number of benzene rings is 2. The minimum Gasteiger partial charge on any atom is -0.504 e. The highest BCUT2D eigenvalue weighted by Gasteiger charge is 2.18. The van der Waals surface area contributed by atoms with E-state index in [9.17, 15) is 10.2 Å². The third-order valence-corrected chi connectivity index (χ3v) is 3.26. The summed E-state index contributed by atoms with van der Waals surface area (Å²) in [4.78, 5) is 0. The number of hydrogen-bond donors (Lipinski definition) is 3. The van der Waals surface area contributed by atoms with Gasteiger partial charge in [-0.3, -0.25) is 0 Å². The van der Waals surface area contributed by atoms with Crippen LogP contribution in [0.15, 0.2) is 48.5 Å². The Morgan fingerprint density at radius 1 is 1.15 bits per heavy atom. The van der Waals surface area contributed by atoms with Crippen LogP contribution in [-0.2, 0) is 6.42 Å². The first-order valence-electron chi connectivity index (χ1n) is 6.46. The Morgan fingerprint density at radius 3 is 2.45 bits per heavy atom. The zero-order valence-corrected chi connectivity index (χ0v) is 11.4. The first-order valence-corrected chi connectivity index (χ1v) is 6.46. The van der Waals surface area contributed by atoms with E-state index in [1.165, 1.54) is 13.2 Å². The van der Waals surface area contributed by atoms with Crippen molar-refractivity contribution in [2.75, 3.05) is 7.11 Å². The molecule has 0 aliphatic rings. The quantitative estimate of drug-likeness (QED) is 0.779. The Morgan fingerprint density at radius 2 is 1.85 bits per heavy atom. The number of phenols is 1. The molecule has 0 bridgehead atoms. The Balaban J connectivity index is 2.10. The number of phenolic OH excluding ortho intramolecular Hbond substituents is 1. The van der Waals surface area contributed by atoms with Crippen LogP contribution < -0.4 is 10.5 Å². The molecule has 0 radical (unpaired) electrons. The van der Waals surface area contributed by atoms with E-state index in [0.717, 1.165) is 5.56 Å². The largest absolute Gasteiger partial charge is 0.504 e. The molecule has 0 saturated carbocycles. The maximum absolute atomic E-state index is 10.3. The fourth-order valence-corrected chi connectivity index (χ4v) is 2.14. The van der Waals surface area contributed by atoms with Gasteiger partial charge in [0.05, 0.1) is 13.2 Å². The molecule has 2 unspecified atom stereocenters. The minimum atomic E-state index is -0.841. The molecule has 0 aliphatic carbocycles. The molecule has 0 amide bonds. The normalized spacial score (nSPS) is 13.8. The van der Waals surface area contributed by atoms with Crippen molar-refractivity contribution in [3.63, 3.8) is 0 Å². The average molecular weight is 273 g/mol. The van der Waals surface area contributed by atoms with E-state index < -0.39 is 12.1 Å². The van der Waals surface area contributed by atoms with Crippen molar-refractivity contribution in [3.05, 3.63) is 59.7 Å². The van der Waals surface area contributed by atoms with E-state index >= 15 is 0 Å². The summed E-state index contributed by atoms with van der Waals surface area (Å²) in [6.07, 6.45) is -0.276. The first-order chi connectivity index (χ1) is 9.61. The van der Waals surface area contributed by atoms with Gasteiger partial charge in [-0.1, -0.05) is 36.4 Å². The molecule has 0 fully saturated rings. The molecule has 0 saturated heterocycles. The van der Waals surface area contributed by atoms with Crippen LogP contribution in [0, 0.1) is 0 Å². The van der Waals surface area contributed by atoms with Crippen LogP contribution in [0.3, 0.4) is 0 Å². The van der Waals surface area contributed by atoms with E-state index in [4.69, 9.17) is 10.5 Å². The predicted octanol–water partition coefficient (Wildman–Crippen LogP) is 2.00. The second-order valence-electron chi connectivity index (χ2n) is 4.73. The van der Waals surface area contributed by atoms with E-state index in [2.05, 4.69) is 0 Å². The topological polar surface area (TPSA) is 75.7 Å². The van der Waals surface area contributed by atoms with Crippen molar-refractivity contribution < 1.29 is 14.9 Å². The Bertz CT molecular complexity index is 557. The SMILES string of the molecule is COc1ccc(C(O)C(N)Cc2ccccc2)cc1O. The molecule has 4 nitrogen and oxygen atoms in total. The number of hydrogen-bond acceptors (Lipinski definition) is 4. The number of rotatable bonds is 5. The van der Waals surface area contributed by atoms with Crippen molar-refractivity contribution in [2.24, 2.45) is 5.73 Å². The fraction of sp³-hybridized carbons (Fsp3) is 0.250. The fourth-order valence-electron chi connectivity index (χ4n) is 2.14. The lowest BCUT2D eigenvalue weighted by Gasteiger charge is -2.20. The lowest BCUT2D eigenvalue weighted by molar-refractivity contribution is 0.145.